The molecule has 154 valence electrons. The maximum absolute atomic E-state index is 13.3. The number of fused-ring (bicyclic) bond motifs is 1. The van der Waals surface area contributed by atoms with Gasteiger partial charge in [-0.1, -0.05) is 31.2 Å². The zero-order valence-electron chi connectivity index (χ0n) is 16.5. The number of nitrogens with one attached hydrogen (secondary N) is 2. The average Bonchev–Trinajstić information content (AvgIpc) is 2.73. The number of rotatable bonds is 3. The Bertz CT molecular complexity index is 968. The van der Waals surface area contributed by atoms with Crippen LogP contribution in [0.3, 0.4) is 0 Å². The number of carbonyl (C=O) groups excluding carboxylic acids is 2. The fourth-order valence-electron chi connectivity index (χ4n) is 4.11. The van der Waals surface area contributed by atoms with Gasteiger partial charge in [0, 0.05) is 37.3 Å². The van der Waals surface area contributed by atoms with Crippen molar-refractivity contribution in [3.05, 3.63) is 68.6 Å². The van der Waals surface area contributed by atoms with Crippen molar-refractivity contribution in [2.24, 2.45) is 0 Å². The largest absolute Gasteiger partial charge is 0.329 e. The Morgan fingerprint density at radius 3 is 2.66 bits per heavy atom. The third-order valence-electron chi connectivity index (χ3n) is 5.76. The molecule has 29 heavy (non-hydrogen) atoms. The molecule has 1 saturated heterocycles. The summed E-state index contributed by atoms with van der Waals surface area (Å²) in [5, 5.41) is 3.34. The average molecular weight is 416 g/mol. The standard InChI is InChI=1S/C22H25N3O3.ClH/c1-2-14-6-8-15(9-7-14)19-13-23-10-11-25(19)22(28)17-12-16-18(24-21(17)27)4-3-5-20(16)26;/h6-9,12,19,23H,2-5,10-11,13H2,1H3,(H,24,27);1H. The zero-order chi connectivity index (χ0) is 19.7. The maximum Gasteiger partial charge on any atom is 0.261 e. The Hall–Kier alpha value is -2.44. The van der Waals surface area contributed by atoms with Crippen molar-refractivity contribution in [1.29, 1.82) is 0 Å². The quantitative estimate of drug-likeness (QED) is 0.807. The SMILES string of the molecule is CCc1ccc(C2CNCCN2C(=O)c2cc3c([nH]c2=O)CCCC3=O)cc1.Cl. The molecule has 0 spiro atoms. The Morgan fingerprint density at radius 2 is 1.93 bits per heavy atom. The monoisotopic (exact) mass is 415 g/mol. The summed E-state index contributed by atoms with van der Waals surface area (Å²) in [4.78, 5) is 42.6. The summed E-state index contributed by atoms with van der Waals surface area (Å²) < 4.78 is 0. The summed E-state index contributed by atoms with van der Waals surface area (Å²) in [5.74, 6) is -0.313. The molecule has 1 amide bonds. The topological polar surface area (TPSA) is 82.3 Å². The summed E-state index contributed by atoms with van der Waals surface area (Å²) in [6, 6.07) is 9.64. The normalized spacial score (nSPS) is 18.7. The van der Waals surface area contributed by atoms with Gasteiger partial charge in [0.15, 0.2) is 5.78 Å². The highest BCUT2D eigenvalue weighted by Gasteiger charge is 2.31. The number of benzene rings is 1. The fourth-order valence-corrected chi connectivity index (χ4v) is 4.11. The fraction of sp³-hybridized carbons (Fsp3) is 0.409. The first kappa shape index (κ1) is 21.3. The first-order chi connectivity index (χ1) is 13.6. The van der Waals surface area contributed by atoms with Crippen LogP contribution in [0.4, 0.5) is 0 Å². The molecule has 1 unspecified atom stereocenters. The van der Waals surface area contributed by atoms with E-state index < -0.39 is 5.56 Å². The molecule has 1 aromatic heterocycles. The van der Waals surface area contributed by atoms with Gasteiger partial charge in [-0.25, -0.2) is 0 Å². The molecule has 1 fully saturated rings. The minimum Gasteiger partial charge on any atom is -0.329 e. The molecular formula is C22H26ClN3O3. The van der Waals surface area contributed by atoms with Crippen LogP contribution in [0.15, 0.2) is 35.1 Å². The van der Waals surface area contributed by atoms with Crippen LogP contribution in [-0.2, 0) is 12.8 Å². The lowest BCUT2D eigenvalue weighted by Crippen LogP contribution is -2.49. The van der Waals surface area contributed by atoms with Gasteiger partial charge in [0.05, 0.1) is 6.04 Å². The molecule has 2 aliphatic rings. The van der Waals surface area contributed by atoms with E-state index in [1.807, 2.05) is 0 Å². The van der Waals surface area contributed by atoms with E-state index in [9.17, 15) is 14.4 Å². The lowest BCUT2D eigenvalue weighted by Gasteiger charge is -2.36. The second-order valence-corrected chi connectivity index (χ2v) is 7.49. The van der Waals surface area contributed by atoms with Gasteiger partial charge >= 0.3 is 0 Å². The van der Waals surface area contributed by atoms with Crippen molar-refractivity contribution >= 4 is 24.1 Å². The molecule has 2 aromatic rings. The molecule has 1 aliphatic carbocycles. The summed E-state index contributed by atoms with van der Waals surface area (Å²) in [7, 11) is 0. The molecule has 0 radical (unpaired) electrons. The van der Waals surface area contributed by atoms with E-state index in [-0.39, 0.29) is 35.7 Å². The molecule has 1 atom stereocenters. The van der Waals surface area contributed by atoms with Gasteiger partial charge in [-0.2, -0.15) is 0 Å². The number of nitrogens with zero attached hydrogens (tertiary/aromatic N) is 1. The Labute approximate surface area is 176 Å². The summed E-state index contributed by atoms with van der Waals surface area (Å²) in [6.07, 6.45) is 2.84. The second kappa shape index (κ2) is 8.93. The van der Waals surface area contributed by atoms with E-state index >= 15 is 0 Å². The number of aryl methyl sites for hydroxylation is 2. The summed E-state index contributed by atoms with van der Waals surface area (Å²) >= 11 is 0. The maximum atomic E-state index is 13.3. The third kappa shape index (κ3) is 4.14. The Kier molecular flexibility index (Phi) is 6.55. The minimum atomic E-state index is -0.405. The van der Waals surface area contributed by atoms with E-state index in [0.717, 1.165) is 18.4 Å². The number of hydrogen-bond donors (Lipinski definition) is 2. The number of Topliss-reactive ketones (excluding diaryl/α,β-unsaturated/α-hetero) is 1. The number of H-pyrrole nitrogens is 1. The van der Waals surface area contributed by atoms with Gasteiger partial charge in [-0.15, -0.1) is 12.4 Å². The highest BCUT2D eigenvalue weighted by Crippen LogP contribution is 2.25. The number of amides is 1. The Balaban J connectivity index is 0.00000240. The van der Waals surface area contributed by atoms with Crippen molar-refractivity contribution in [3.8, 4) is 0 Å². The number of aromatic amines is 1. The minimum absolute atomic E-state index is 0. The number of ketones is 1. The van der Waals surface area contributed by atoms with Gasteiger partial charge in [-0.05, 0) is 36.5 Å². The van der Waals surface area contributed by atoms with E-state index in [0.29, 0.717) is 43.7 Å². The van der Waals surface area contributed by atoms with Crippen LogP contribution in [-0.4, -0.2) is 41.2 Å². The van der Waals surface area contributed by atoms with E-state index in [2.05, 4.69) is 41.5 Å². The van der Waals surface area contributed by atoms with Crippen LogP contribution in [0.25, 0.3) is 0 Å². The first-order valence-electron chi connectivity index (χ1n) is 9.98. The lowest BCUT2D eigenvalue weighted by molar-refractivity contribution is 0.0632. The predicted octanol–water partition coefficient (Wildman–Crippen LogP) is 2.66. The third-order valence-corrected chi connectivity index (χ3v) is 5.76. The molecular weight excluding hydrogens is 390 g/mol. The second-order valence-electron chi connectivity index (χ2n) is 7.49. The molecule has 2 N–H and O–H groups in total. The van der Waals surface area contributed by atoms with Crippen LogP contribution < -0.4 is 10.9 Å². The highest BCUT2D eigenvalue weighted by atomic mass is 35.5. The molecule has 1 aromatic carbocycles. The van der Waals surface area contributed by atoms with Crippen molar-refractivity contribution in [3.63, 3.8) is 0 Å². The number of aromatic nitrogens is 1. The number of pyridine rings is 1. The van der Waals surface area contributed by atoms with Gasteiger partial charge in [0.2, 0.25) is 0 Å². The van der Waals surface area contributed by atoms with Crippen molar-refractivity contribution in [2.75, 3.05) is 19.6 Å². The molecule has 7 heteroatoms. The van der Waals surface area contributed by atoms with Crippen molar-refractivity contribution in [1.82, 2.24) is 15.2 Å². The van der Waals surface area contributed by atoms with E-state index in [4.69, 9.17) is 0 Å². The molecule has 6 nitrogen and oxygen atoms in total. The number of piperazine rings is 1. The van der Waals surface area contributed by atoms with Crippen LogP contribution in [0.2, 0.25) is 0 Å². The zero-order valence-corrected chi connectivity index (χ0v) is 17.3. The number of halogens is 1. The van der Waals surface area contributed by atoms with Gasteiger partial charge in [0.25, 0.3) is 11.5 Å². The van der Waals surface area contributed by atoms with Crippen LogP contribution in [0, 0.1) is 0 Å². The van der Waals surface area contributed by atoms with Crippen LogP contribution in [0.5, 0.6) is 0 Å². The van der Waals surface area contributed by atoms with E-state index in [1.165, 1.54) is 11.6 Å². The van der Waals surface area contributed by atoms with Crippen LogP contribution in [0.1, 0.15) is 63.3 Å². The van der Waals surface area contributed by atoms with Gasteiger partial charge < -0.3 is 15.2 Å². The molecule has 0 saturated carbocycles. The summed E-state index contributed by atoms with van der Waals surface area (Å²) in [6.45, 7) is 3.94. The van der Waals surface area contributed by atoms with Crippen LogP contribution >= 0.6 is 12.4 Å². The van der Waals surface area contributed by atoms with Gasteiger partial charge in [-0.3, -0.25) is 14.4 Å². The predicted molar refractivity (Wildman–Crippen MR) is 114 cm³/mol. The summed E-state index contributed by atoms with van der Waals surface area (Å²) in [5.41, 5.74) is 3.10. The van der Waals surface area contributed by atoms with E-state index in [1.54, 1.807) is 4.90 Å². The molecule has 4 rings (SSSR count). The number of carbonyl (C=O) groups is 2. The van der Waals surface area contributed by atoms with Crippen molar-refractivity contribution in [2.45, 2.75) is 38.6 Å². The Morgan fingerprint density at radius 1 is 1.17 bits per heavy atom. The van der Waals surface area contributed by atoms with Gasteiger partial charge in [0.1, 0.15) is 5.56 Å². The highest BCUT2D eigenvalue weighted by molar-refractivity contribution is 6.01. The first-order valence-corrected chi connectivity index (χ1v) is 9.98. The lowest BCUT2D eigenvalue weighted by atomic mass is 9.93. The molecule has 1 aliphatic heterocycles. The van der Waals surface area contributed by atoms with Crippen molar-refractivity contribution < 1.29 is 9.59 Å². The number of hydrogen-bond acceptors (Lipinski definition) is 4. The molecule has 0 bridgehead atoms. The molecule has 2 heterocycles. The smallest absolute Gasteiger partial charge is 0.261 e.